The van der Waals surface area contributed by atoms with Gasteiger partial charge in [0.2, 0.25) is 0 Å². The first-order valence-corrected chi connectivity index (χ1v) is 6.64. The molecule has 0 aliphatic rings. The van der Waals surface area contributed by atoms with E-state index in [0.29, 0.717) is 0 Å². The Hall–Kier alpha value is -2.24. The van der Waals surface area contributed by atoms with E-state index in [1.165, 1.54) is 0 Å². The van der Waals surface area contributed by atoms with Gasteiger partial charge < -0.3 is 9.84 Å². The van der Waals surface area contributed by atoms with Crippen LogP contribution < -0.4 is 0 Å². The largest absolute Gasteiger partial charge is 0.444 e. The first-order chi connectivity index (χ1) is 9.63. The summed E-state index contributed by atoms with van der Waals surface area (Å²) in [5.74, 6) is 2.84. The molecule has 0 saturated carbocycles. The fourth-order valence-electron chi connectivity index (χ4n) is 1.89. The summed E-state index contributed by atoms with van der Waals surface area (Å²) >= 11 is 0. The Balaban J connectivity index is 2.46. The van der Waals surface area contributed by atoms with Gasteiger partial charge in [-0.2, -0.15) is 0 Å². The van der Waals surface area contributed by atoms with E-state index < -0.39 is 5.60 Å². The number of ether oxygens (including phenoxy) is 1. The fraction of sp³-hybridized carbons (Fsp3) is 0.222. The van der Waals surface area contributed by atoms with E-state index in [2.05, 4.69) is 12.0 Å². The maximum absolute atomic E-state index is 11.0. The van der Waals surface area contributed by atoms with Crippen LogP contribution in [0, 0.1) is 12.0 Å². The SMILES string of the molecule is CC(C)OC#CC(O)(c1ccccc1)c1ccccc1. The molecule has 0 fully saturated rings. The van der Waals surface area contributed by atoms with Crippen LogP contribution in [0.15, 0.2) is 60.7 Å². The Morgan fingerprint density at radius 3 is 1.75 bits per heavy atom. The van der Waals surface area contributed by atoms with E-state index in [1.54, 1.807) is 0 Å². The zero-order chi connectivity index (χ0) is 14.4. The highest BCUT2D eigenvalue weighted by atomic mass is 16.5. The minimum absolute atomic E-state index is 0.00158. The zero-order valence-electron chi connectivity index (χ0n) is 11.7. The highest BCUT2D eigenvalue weighted by Gasteiger charge is 2.29. The predicted molar refractivity (Wildman–Crippen MR) is 79.9 cm³/mol. The van der Waals surface area contributed by atoms with Crippen LogP contribution in [-0.4, -0.2) is 11.2 Å². The van der Waals surface area contributed by atoms with Gasteiger partial charge in [0.05, 0.1) is 0 Å². The molecule has 0 aromatic heterocycles. The monoisotopic (exact) mass is 266 g/mol. The van der Waals surface area contributed by atoms with E-state index in [0.717, 1.165) is 11.1 Å². The van der Waals surface area contributed by atoms with Crippen LogP contribution in [0.4, 0.5) is 0 Å². The highest BCUT2D eigenvalue weighted by molar-refractivity contribution is 5.43. The molecule has 102 valence electrons. The van der Waals surface area contributed by atoms with Crippen LogP contribution >= 0.6 is 0 Å². The Morgan fingerprint density at radius 1 is 0.900 bits per heavy atom. The molecule has 2 aromatic carbocycles. The smallest absolute Gasteiger partial charge is 0.180 e. The average Bonchev–Trinajstić information content (AvgIpc) is 2.48. The van der Waals surface area contributed by atoms with E-state index >= 15 is 0 Å². The molecule has 0 unspecified atom stereocenters. The second-order valence-corrected chi connectivity index (χ2v) is 4.84. The summed E-state index contributed by atoms with van der Waals surface area (Å²) in [5, 5.41) is 11.0. The van der Waals surface area contributed by atoms with Gasteiger partial charge in [-0.25, -0.2) is 0 Å². The molecule has 20 heavy (non-hydrogen) atoms. The summed E-state index contributed by atoms with van der Waals surface area (Å²) in [7, 11) is 0. The van der Waals surface area contributed by atoms with E-state index in [-0.39, 0.29) is 6.10 Å². The summed E-state index contributed by atoms with van der Waals surface area (Å²) in [4.78, 5) is 0. The van der Waals surface area contributed by atoms with E-state index in [4.69, 9.17) is 4.74 Å². The third kappa shape index (κ3) is 3.20. The lowest BCUT2D eigenvalue weighted by atomic mass is 9.87. The van der Waals surface area contributed by atoms with Gasteiger partial charge in [0.1, 0.15) is 12.2 Å². The lowest BCUT2D eigenvalue weighted by molar-refractivity contribution is 0.140. The second kappa shape index (κ2) is 6.27. The number of benzene rings is 2. The molecule has 0 aliphatic carbocycles. The minimum Gasteiger partial charge on any atom is -0.444 e. The zero-order valence-corrected chi connectivity index (χ0v) is 11.7. The Bertz CT molecular complexity index is 552. The first kappa shape index (κ1) is 14.2. The first-order valence-electron chi connectivity index (χ1n) is 6.64. The maximum atomic E-state index is 11.0. The second-order valence-electron chi connectivity index (χ2n) is 4.84. The molecule has 0 bridgehead atoms. The Morgan fingerprint density at radius 2 is 1.35 bits per heavy atom. The van der Waals surface area contributed by atoms with Crippen molar-refractivity contribution in [3.63, 3.8) is 0 Å². The van der Waals surface area contributed by atoms with Gasteiger partial charge in [0, 0.05) is 11.1 Å². The molecule has 0 heterocycles. The number of rotatable bonds is 3. The van der Waals surface area contributed by atoms with Crippen LogP contribution in [0.2, 0.25) is 0 Å². The lowest BCUT2D eigenvalue weighted by Crippen LogP contribution is -2.25. The number of hydrogen-bond acceptors (Lipinski definition) is 2. The van der Waals surface area contributed by atoms with Crippen molar-refractivity contribution in [2.75, 3.05) is 0 Å². The Labute approximate surface area is 120 Å². The lowest BCUT2D eigenvalue weighted by Gasteiger charge is -2.23. The van der Waals surface area contributed by atoms with Crippen molar-refractivity contribution in [3.8, 4) is 12.0 Å². The molecular weight excluding hydrogens is 248 g/mol. The van der Waals surface area contributed by atoms with Crippen LogP contribution in [0.25, 0.3) is 0 Å². The molecule has 0 saturated heterocycles. The van der Waals surface area contributed by atoms with Crippen molar-refractivity contribution in [2.45, 2.75) is 25.6 Å². The minimum atomic E-state index is -1.36. The van der Waals surface area contributed by atoms with Crippen molar-refractivity contribution < 1.29 is 9.84 Å². The third-order valence-electron chi connectivity index (χ3n) is 2.91. The van der Waals surface area contributed by atoms with E-state index in [1.807, 2.05) is 74.5 Å². The van der Waals surface area contributed by atoms with Gasteiger partial charge in [0.25, 0.3) is 0 Å². The van der Waals surface area contributed by atoms with Crippen LogP contribution in [0.3, 0.4) is 0 Å². The molecule has 0 spiro atoms. The molecule has 0 amide bonds. The van der Waals surface area contributed by atoms with Gasteiger partial charge in [-0.1, -0.05) is 60.7 Å². The molecule has 2 rings (SSSR count). The molecular formula is C18H18O2. The van der Waals surface area contributed by atoms with Crippen LogP contribution in [-0.2, 0) is 10.3 Å². The van der Waals surface area contributed by atoms with Gasteiger partial charge in [0.15, 0.2) is 5.60 Å². The van der Waals surface area contributed by atoms with Gasteiger partial charge in [-0.3, -0.25) is 0 Å². The quantitative estimate of drug-likeness (QED) is 0.864. The summed E-state index contributed by atoms with van der Waals surface area (Å²) in [6.07, 6.45) is 2.62. The van der Waals surface area contributed by atoms with Gasteiger partial charge in [-0.05, 0) is 19.8 Å². The average molecular weight is 266 g/mol. The highest BCUT2D eigenvalue weighted by Crippen LogP contribution is 2.28. The van der Waals surface area contributed by atoms with Crippen LogP contribution in [0.1, 0.15) is 25.0 Å². The van der Waals surface area contributed by atoms with Crippen LogP contribution in [0.5, 0.6) is 0 Å². The molecule has 2 nitrogen and oxygen atoms in total. The summed E-state index contributed by atoms with van der Waals surface area (Å²) in [5.41, 5.74) is 0.0920. The Kier molecular flexibility index (Phi) is 4.45. The topological polar surface area (TPSA) is 29.5 Å². The van der Waals surface area contributed by atoms with Crippen molar-refractivity contribution in [1.82, 2.24) is 0 Å². The van der Waals surface area contributed by atoms with Gasteiger partial charge in [-0.15, -0.1) is 0 Å². The number of hydrogen-bond donors (Lipinski definition) is 1. The van der Waals surface area contributed by atoms with Crippen molar-refractivity contribution in [2.24, 2.45) is 0 Å². The molecule has 0 atom stereocenters. The fourth-order valence-corrected chi connectivity index (χ4v) is 1.89. The normalized spacial score (nSPS) is 10.8. The summed E-state index contributed by atoms with van der Waals surface area (Å²) in [6, 6.07) is 18.8. The van der Waals surface area contributed by atoms with Crippen molar-refractivity contribution in [3.05, 3.63) is 71.8 Å². The van der Waals surface area contributed by atoms with Gasteiger partial charge >= 0.3 is 0 Å². The molecule has 2 heteroatoms. The van der Waals surface area contributed by atoms with Crippen molar-refractivity contribution in [1.29, 1.82) is 0 Å². The molecule has 1 N–H and O–H groups in total. The summed E-state index contributed by atoms with van der Waals surface area (Å²) in [6.45, 7) is 3.80. The molecule has 2 aromatic rings. The number of aliphatic hydroxyl groups is 1. The van der Waals surface area contributed by atoms with Crippen molar-refractivity contribution >= 4 is 0 Å². The maximum Gasteiger partial charge on any atom is 0.180 e. The third-order valence-corrected chi connectivity index (χ3v) is 2.91. The molecule has 0 aliphatic heterocycles. The van der Waals surface area contributed by atoms with E-state index in [9.17, 15) is 5.11 Å². The standard InChI is InChI=1S/C18H18O2/c1-15(2)20-14-13-18(19,16-9-5-3-6-10-16)17-11-7-4-8-12-17/h3-12,15,19H,1-2H3. The summed E-state index contributed by atoms with van der Waals surface area (Å²) < 4.78 is 5.26. The predicted octanol–water partition coefficient (Wildman–Crippen LogP) is 3.31. The molecule has 0 radical (unpaired) electrons.